The van der Waals surface area contributed by atoms with Gasteiger partial charge < -0.3 is 0 Å². The Morgan fingerprint density at radius 2 is 1.50 bits per heavy atom. The van der Waals surface area contributed by atoms with Gasteiger partial charge in [0.2, 0.25) is 0 Å². The Labute approximate surface area is 130 Å². The molecule has 0 fully saturated rings. The summed E-state index contributed by atoms with van der Waals surface area (Å²) < 4.78 is 19.7. The van der Waals surface area contributed by atoms with E-state index in [1.165, 1.54) is 8.85 Å². The van der Waals surface area contributed by atoms with Gasteiger partial charge in [-0.15, -0.1) is 0 Å². The molecule has 0 unspecified atom stereocenters. The van der Waals surface area contributed by atoms with E-state index in [-0.39, 0.29) is 5.41 Å². The molecule has 0 radical (unpaired) electrons. The monoisotopic (exact) mass is 360 g/mol. The Hall–Kier alpha value is 0.243. The van der Waals surface area contributed by atoms with Crippen LogP contribution in [0.5, 0.6) is 0 Å². The average Bonchev–Trinajstić information content (AvgIpc) is 2.76. The third-order valence-corrected chi connectivity index (χ3v) is 11.2. The predicted octanol–water partition coefficient (Wildman–Crippen LogP) is 4.65. The molecule has 0 bridgehead atoms. The third kappa shape index (κ3) is 4.91. The van der Waals surface area contributed by atoms with Crippen molar-refractivity contribution in [2.24, 2.45) is 5.41 Å². The van der Waals surface area contributed by atoms with Gasteiger partial charge in [0.05, 0.1) is 0 Å². The zero-order chi connectivity index (χ0) is 15.2. The molecule has 1 aliphatic rings. The van der Waals surface area contributed by atoms with E-state index in [0.717, 1.165) is 12.8 Å². The first-order chi connectivity index (χ1) is 9.38. The molecule has 0 spiro atoms. The first kappa shape index (κ1) is 18.3. The van der Waals surface area contributed by atoms with Gasteiger partial charge in [-0.1, -0.05) is 0 Å². The van der Waals surface area contributed by atoms with Crippen molar-refractivity contribution in [1.82, 2.24) is 0 Å². The number of hydrogen-bond donors (Lipinski definition) is 0. The van der Waals surface area contributed by atoms with E-state index in [1.807, 2.05) is 20.8 Å². The van der Waals surface area contributed by atoms with Crippen LogP contribution in [0.15, 0.2) is 21.0 Å². The normalized spacial score (nSPS) is 16.3. The fourth-order valence-corrected chi connectivity index (χ4v) is 9.56. The summed E-state index contributed by atoms with van der Waals surface area (Å²) >= 11 is -3.58. The summed E-state index contributed by atoms with van der Waals surface area (Å²) in [7, 11) is 0. The fraction of sp³-hybridized carbons (Fsp3) is 0.750. The van der Waals surface area contributed by atoms with Gasteiger partial charge in [-0.05, 0) is 0 Å². The molecule has 0 N–H and O–H groups in total. The van der Waals surface area contributed by atoms with E-state index >= 15 is 0 Å². The fourth-order valence-electron chi connectivity index (χ4n) is 2.57. The SMILES string of the molecule is CC[O][Zr]([O]CC)([O]CC)[C]1=C(CC(C)(C)C)C=CC1. The predicted molar refractivity (Wildman–Crippen MR) is 79.7 cm³/mol. The zero-order valence-electron chi connectivity index (χ0n) is 13.9. The van der Waals surface area contributed by atoms with Crippen molar-refractivity contribution in [3.63, 3.8) is 0 Å². The molecule has 0 aromatic carbocycles. The van der Waals surface area contributed by atoms with Crippen LogP contribution >= 0.6 is 0 Å². The van der Waals surface area contributed by atoms with Crippen molar-refractivity contribution in [3.05, 3.63) is 21.0 Å². The Kier molecular flexibility index (Phi) is 7.34. The number of allylic oxidation sites excluding steroid dienone is 4. The third-order valence-electron chi connectivity index (χ3n) is 3.12. The van der Waals surface area contributed by atoms with E-state index in [0.29, 0.717) is 19.8 Å². The van der Waals surface area contributed by atoms with Crippen LogP contribution in [-0.4, -0.2) is 19.8 Å². The molecule has 0 aliphatic heterocycles. The van der Waals surface area contributed by atoms with Crippen LogP contribution in [-0.2, 0) is 30.0 Å². The second-order valence-electron chi connectivity index (χ2n) is 6.20. The molecule has 0 atom stereocenters. The van der Waals surface area contributed by atoms with Crippen LogP contribution in [0.3, 0.4) is 0 Å². The first-order valence-corrected chi connectivity index (χ1v) is 11.9. The number of rotatable bonds is 8. The van der Waals surface area contributed by atoms with Crippen LogP contribution in [0.2, 0.25) is 0 Å². The summed E-state index contributed by atoms with van der Waals surface area (Å²) in [5, 5.41) is 0. The summed E-state index contributed by atoms with van der Waals surface area (Å²) in [6, 6.07) is 0. The van der Waals surface area contributed by atoms with Crippen LogP contribution in [0, 0.1) is 5.41 Å². The second kappa shape index (κ2) is 8.03. The molecule has 0 aromatic heterocycles. The molecule has 20 heavy (non-hydrogen) atoms. The first-order valence-electron chi connectivity index (χ1n) is 7.69. The van der Waals surface area contributed by atoms with Gasteiger partial charge in [-0.3, -0.25) is 0 Å². The molecule has 4 heteroatoms. The van der Waals surface area contributed by atoms with Gasteiger partial charge in [0, 0.05) is 0 Å². The quantitative estimate of drug-likeness (QED) is 0.630. The zero-order valence-corrected chi connectivity index (χ0v) is 16.4. The Bertz CT molecular complexity index is 349. The molecule has 0 saturated carbocycles. The standard InChI is InChI=1S/C10H15.3C2H5O.Zr/c1-10(2,3)8-9-6-4-5-7-9;3*1-2-3;/h4,6H,5,8H2,1-3H3;3*2H2,1H3;/q;3*-1;+3. The Morgan fingerprint density at radius 1 is 1.00 bits per heavy atom. The average molecular weight is 362 g/mol. The van der Waals surface area contributed by atoms with E-state index in [2.05, 4.69) is 32.9 Å². The van der Waals surface area contributed by atoms with Gasteiger partial charge in [0.25, 0.3) is 0 Å². The van der Waals surface area contributed by atoms with Crippen molar-refractivity contribution in [2.75, 3.05) is 19.8 Å². The molecular weight excluding hydrogens is 331 g/mol. The maximum atomic E-state index is 6.11. The van der Waals surface area contributed by atoms with Crippen molar-refractivity contribution < 1.29 is 30.0 Å². The summed E-state index contributed by atoms with van der Waals surface area (Å²) in [4.78, 5) is 0. The van der Waals surface area contributed by atoms with Crippen LogP contribution in [0.4, 0.5) is 0 Å². The van der Waals surface area contributed by atoms with Gasteiger partial charge in [0.15, 0.2) is 0 Å². The van der Waals surface area contributed by atoms with Crippen molar-refractivity contribution in [1.29, 1.82) is 0 Å². The van der Waals surface area contributed by atoms with Gasteiger partial charge in [-0.2, -0.15) is 0 Å². The van der Waals surface area contributed by atoms with Gasteiger partial charge >= 0.3 is 131 Å². The molecule has 0 saturated heterocycles. The van der Waals surface area contributed by atoms with E-state index in [4.69, 9.17) is 8.44 Å². The van der Waals surface area contributed by atoms with Crippen LogP contribution < -0.4 is 0 Å². The Morgan fingerprint density at radius 3 is 1.90 bits per heavy atom. The summed E-state index contributed by atoms with van der Waals surface area (Å²) in [5.41, 5.74) is 1.64. The van der Waals surface area contributed by atoms with E-state index < -0.39 is 21.6 Å². The molecule has 0 heterocycles. The van der Waals surface area contributed by atoms with Crippen molar-refractivity contribution >= 4 is 0 Å². The Balaban J connectivity index is 3.12. The van der Waals surface area contributed by atoms with Crippen LogP contribution in [0.25, 0.3) is 0 Å². The maximum absolute atomic E-state index is 6.11. The minimum absolute atomic E-state index is 0.261. The molecule has 1 rings (SSSR count). The van der Waals surface area contributed by atoms with E-state index in [9.17, 15) is 0 Å². The molecular formula is C16H30O3Zr. The van der Waals surface area contributed by atoms with Crippen molar-refractivity contribution in [3.8, 4) is 0 Å². The molecule has 116 valence electrons. The minimum atomic E-state index is -3.58. The van der Waals surface area contributed by atoms with Crippen molar-refractivity contribution in [2.45, 2.75) is 54.4 Å². The number of hydrogen-bond acceptors (Lipinski definition) is 3. The van der Waals surface area contributed by atoms with Crippen LogP contribution in [0.1, 0.15) is 54.4 Å². The van der Waals surface area contributed by atoms with Gasteiger partial charge in [0.1, 0.15) is 0 Å². The second-order valence-corrected chi connectivity index (χ2v) is 12.5. The summed E-state index contributed by atoms with van der Waals surface area (Å²) in [6.45, 7) is 14.8. The molecule has 0 amide bonds. The molecule has 0 aromatic rings. The van der Waals surface area contributed by atoms with Gasteiger partial charge in [-0.25, -0.2) is 0 Å². The molecule has 3 nitrogen and oxygen atoms in total. The topological polar surface area (TPSA) is 27.7 Å². The molecule has 1 aliphatic carbocycles. The van der Waals surface area contributed by atoms with E-state index in [1.54, 1.807) is 0 Å². The summed E-state index contributed by atoms with van der Waals surface area (Å²) in [5.74, 6) is 0. The summed E-state index contributed by atoms with van der Waals surface area (Å²) in [6.07, 6.45) is 6.44.